The molecule has 3 rings (SSSR count). The van der Waals surface area contributed by atoms with Crippen molar-refractivity contribution in [2.45, 2.75) is 17.2 Å². The third-order valence-corrected chi connectivity index (χ3v) is 6.54. The molecule has 1 aliphatic carbocycles. The summed E-state index contributed by atoms with van der Waals surface area (Å²) in [6.07, 6.45) is 2.54. The van der Waals surface area contributed by atoms with Crippen LogP contribution in [0.2, 0.25) is 0 Å². The van der Waals surface area contributed by atoms with Crippen LogP contribution in [0.1, 0.15) is 18.4 Å². The van der Waals surface area contributed by atoms with Crippen molar-refractivity contribution in [3.63, 3.8) is 0 Å². The summed E-state index contributed by atoms with van der Waals surface area (Å²) in [5.74, 6) is -9.98. The van der Waals surface area contributed by atoms with Crippen LogP contribution < -0.4 is 10.6 Å². The highest BCUT2D eigenvalue weighted by atomic mass is 35.5. The lowest BCUT2D eigenvalue weighted by molar-refractivity contribution is -0.121. The van der Waals surface area contributed by atoms with Crippen LogP contribution in [-0.4, -0.2) is 16.1 Å². The maximum absolute atomic E-state index is 13.7. The molecule has 1 aliphatic rings. The molecule has 0 spiro atoms. The second-order valence-corrected chi connectivity index (χ2v) is 9.69. The Balaban J connectivity index is 1.65. The highest BCUT2D eigenvalue weighted by molar-refractivity contribution is 6.53. The average Bonchev–Trinajstić information content (AvgIpc) is 3.38. The lowest BCUT2D eigenvalue weighted by atomic mass is 10.1. The number of anilines is 1. The Morgan fingerprint density at radius 3 is 2.19 bits per heavy atom. The summed E-state index contributed by atoms with van der Waals surface area (Å²) in [4.78, 5) is 24.8. The highest BCUT2D eigenvalue weighted by Crippen LogP contribution is 2.65. The van der Waals surface area contributed by atoms with Crippen molar-refractivity contribution in [2.75, 3.05) is 5.32 Å². The summed E-state index contributed by atoms with van der Waals surface area (Å²) < 4.78 is 65.4. The second kappa shape index (κ2) is 10.6. The fraction of sp³-hybridized carbons (Fsp3) is 0.167. The van der Waals surface area contributed by atoms with E-state index in [9.17, 15) is 31.5 Å². The standard InChI is InChI=1S/C24H16Cl3F5N2O2/c1-10(3-5-14(25)11(2)22(35)34-18-6-4-13(28)9-15(18)29)33-23(36)20-19(24(20,26)27)12-7-16(30)21(32)17(31)8-12/h3-9,19-20H,2H2,1H3,(H,33,36)(H,34,35)/b10-3+,14-5+/t19-,20+/m0/s1. The van der Waals surface area contributed by atoms with E-state index in [2.05, 4.69) is 17.2 Å². The van der Waals surface area contributed by atoms with Gasteiger partial charge in [-0.1, -0.05) is 18.2 Å². The summed E-state index contributed by atoms with van der Waals surface area (Å²) in [5.41, 5.74) is -0.390. The van der Waals surface area contributed by atoms with Gasteiger partial charge in [0.15, 0.2) is 17.5 Å². The number of carbonyl (C=O) groups is 2. The Labute approximate surface area is 217 Å². The first-order valence-corrected chi connectivity index (χ1v) is 11.2. The van der Waals surface area contributed by atoms with Crippen LogP contribution in [0, 0.1) is 35.0 Å². The van der Waals surface area contributed by atoms with Crippen LogP contribution in [0.4, 0.5) is 27.6 Å². The van der Waals surface area contributed by atoms with Gasteiger partial charge in [0.05, 0.1) is 22.2 Å². The van der Waals surface area contributed by atoms with E-state index in [1.807, 2.05) is 0 Å². The zero-order chi connectivity index (χ0) is 26.9. The number of hydrogen-bond donors (Lipinski definition) is 2. The van der Waals surface area contributed by atoms with Crippen molar-refractivity contribution in [3.05, 3.63) is 100 Å². The molecular weight excluding hydrogens is 550 g/mol. The molecule has 0 bridgehead atoms. The van der Waals surface area contributed by atoms with E-state index in [-0.39, 0.29) is 27.6 Å². The first-order valence-electron chi connectivity index (χ1n) is 10.1. The second-order valence-electron chi connectivity index (χ2n) is 7.84. The topological polar surface area (TPSA) is 58.2 Å². The van der Waals surface area contributed by atoms with Crippen molar-refractivity contribution in [1.29, 1.82) is 0 Å². The number of alkyl halides is 2. The SMILES string of the molecule is C=C(C(=O)Nc1ccc(F)cc1F)/C(Cl)=C\C=C(/C)NC(=O)[C@H]1[C@H](c2cc(F)c(F)c(F)c2)C1(Cl)Cl. The predicted molar refractivity (Wildman–Crippen MR) is 127 cm³/mol. The maximum Gasteiger partial charge on any atom is 0.256 e. The Bertz CT molecular complexity index is 1300. The minimum atomic E-state index is -1.68. The molecule has 2 N–H and O–H groups in total. The van der Waals surface area contributed by atoms with E-state index in [0.29, 0.717) is 6.07 Å². The molecular formula is C24H16Cl3F5N2O2. The van der Waals surface area contributed by atoms with E-state index in [1.54, 1.807) is 0 Å². The molecule has 0 saturated heterocycles. The Hall–Kier alpha value is -2.88. The number of rotatable bonds is 7. The monoisotopic (exact) mass is 564 g/mol. The summed E-state index contributed by atoms with van der Waals surface area (Å²) in [6.45, 7) is 4.98. The number of hydrogen-bond acceptors (Lipinski definition) is 2. The molecule has 12 heteroatoms. The van der Waals surface area contributed by atoms with Crippen LogP contribution in [0.3, 0.4) is 0 Å². The molecule has 1 fully saturated rings. The van der Waals surface area contributed by atoms with Crippen LogP contribution in [0.25, 0.3) is 0 Å². The van der Waals surface area contributed by atoms with E-state index in [1.165, 1.54) is 19.1 Å². The molecule has 0 radical (unpaired) electrons. The molecule has 0 aromatic heterocycles. The van der Waals surface area contributed by atoms with Gasteiger partial charge in [0.1, 0.15) is 16.0 Å². The zero-order valence-corrected chi connectivity index (χ0v) is 20.5. The third-order valence-electron chi connectivity index (χ3n) is 5.24. The Morgan fingerprint density at radius 2 is 1.61 bits per heavy atom. The van der Waals surface area contributed by atoms with Crippen molar-refractivity contribution in [2.24, 2.45) is 5.92 Å². The normalized spacial score (nSPS) is 19.0. The van der Waals surface area contributed by atoms with Crippen LogP contribution in [-0.2, 0) is 9.59 Å². The number of nitrogens with one attached hydrogen (secondary N) is 2. The molecule has 2 aromatic carbocycles. The highest BCUT2D eigenvalue weighted by Gasteiger charge is 2.67. The third kappa shape index (κ3) is 5.91. The molecule has 36 heavy (non-hydrogen) atoms. The zero-order valence-electron chi connectivity index (χ0n) is 18.2. The van der Waals surface area contributed by atoms with Crippen LogP contribution >= 0.6 is 34.8 Å². The van der Waals surface area contributed by atoms with E-state index in [4.69, 9.17) is 34.8 Å². The fourth-order valence-electron chi connectivity index (χ4n) is 3.33. The fourth-order valence-corrected chi connectivity index (χ4v) is 4.31. The van der Waals surface area contributed by atoms with Gasteiger partial charge in [-0.2, -0.15) is 0 Å². The summed E-state index contributed by atoms with van der Waals surface area (Å²) in [7, 11) is 0. The van der Waals surface area contributed by atoms with Crippen molar-refractivity contribution < 1.29 is 31.5 Å². The molecule has 1 saturated carbocycles. The van der Waals surface area contributed by atoms with Gasteiger partial charge in [0, 0.05) is 17.7 Å². The van der Waals surface area contributed by atoms with Gasteiger partial charge in [-0.25, -0.2) is 22.0 Å². The molecule has 0 unspecified atom stereocenters. The number of halogens is 8. The van der Waals surface area contributed by atoms with Gasteiger partial charge in [0.25, 0.3) is 5.91 Å². The Morgan fingerprint density at radius 1 is 1.00 bits per heavy atom. The molecule has 0 aliphatic heterocycles. The molecule has 2 aromatic rings. The number of allylic oxidation sites excluding steroid dienone is 3. The summed E-state index contributed by atoms with van der Waals surface area (Å²) in [6, 6.07) is 4.01. The molecule has 2 amide bonds. The maximum atomic E-state index is 13.7. The molecule has 4 nitrogen and oxygen atoms in total. The number of amides is 2. The average molecular weight is 566 g/mol. The van der Waals surface area contributed by atoms with Crippen LogP contribution in [0.15, 0.2) is 65.4 Å². The molecule has 2 atom stereocenters. The minimum absolute atomic E-state index is 0.0824. The smallest absolute Gasteiger partial charge is 0.256 e. The van der Waals surface area contributed by atoms with Gasteiger partial charge in [-0.3, -0.25) is 9.59 Å². The van der Waals surface area contributed by atoms with E-state index < -0.39 is 57.1 Å². The van der Waals surface area contributed by atoms with Crippen molar-refractivity contribution >= 4 is 52.3 Å². The lowest BCUT2D eigenvalue weighted by Gasteiger charge is -2.08. The molecule has 0 heterocycles. The summed E-state index contributed by atoms with van der Waals surface area (Å²) >= 11 is 18.3. The number of carbonyl (C=O) groups excluding carboxylic acids is 2. The summed E-state index contributed by atoms with van der Waals surface area (Å²) in [5, 5.41) is 4.53. The van der Waals surface area contributed by atoms with Crippen molar-refractivity contribution in [3.8, 4) is 0 Å². The largest absolute Gasteiger partial charge is 0.330 e. The van der Waals surface area contributed by atoms with Gasteiger partial charge in [0.2, 0.25) is 5.91 Å². The van der Waals surface area contributed by atoms with E-state index >= 15 is 0 Å². The quantitative estimate of drug-likeness (QED) is 0.131. The minimum Gasteiger partial charge on any atom is -0.330 e. The van der Waals surface area contributed by atoms with Gasteiger partial charge < -0.3 is 10.6 Å². The Kier molecular flexibility index (Phi) is 8.17. The van der Waals surface area contributed by atoms with Gasteiger partial charge in [-0.05, 0) is 48.9 Å². The van der Waals surface area contributed by atoms with E-state index in [0.717, 1.165) is 24.3 Å². The predicted octanol–water partition coefficient (Wildman–Crippen LogP) is 6.61. The number of benzene rings is 2. The van der Waals surface area contributed by atoms with Crippen LogP contribution in [0.5, 0.6) is 0 Å². The van der Waals surface area contributed by atoms with Crippen molar-refractivity contribution in [1.82, 2.24) is 5.32 Å². The first-order chi connectivity index (χ1) is 16.7. The van der Waals surface area contributed by atoms with Gasteiger partial charge in [-0.15, -0.1) is 23.2 Å². The molecule has 190 valence electrons. The first kappa shape index (κ1) is 27.7. The lowest BCUT2D eigenvalue weighted by Crippen LogP contribution is -2.25. The van der Waals surface area contributed by atoms with Gasteiger partial charge >= 0.3 is 0 Å².